The number of nitrogens with zero attached hydrogens (tertiary/aromatic N) is 1. The molecule has 1 amide bonds. The van der Waals surface area contributed by atoms with E-state index in [0.717, 1.165) is 6.42 Å². The van der Waals surface area contributed by atoms with Gasteiger partial charge in [0.05, 0.1) is 12.7 Å². The zero-order chi connectivity index (χ0) is 12.3. The minimum Gasteiger partial charge on any atom is -0.496 e. The minimum absolute atomic E-state index is 0.0154. The Morgan fingerprint density at radius 2 is 2.29 bits per heavy atom. The van der Waals surface area contributed by atoms with Crippen molar-refractivity contribution >= 4 is 5.91 Å². The molecule has 1 aliphatic rings. The van der Waals surface area contributed by atoms with Crippen molar-refractivity contribution in [3.05, 3.63) is 29.8 Å². The number of benzene rings is 1. The van der Waals surface area contributed by atoms with Crippen LogP contribution in [0.5, 0.6) is 5.75 Å². The van der Waals surface area contributed by atoms with Gasteiger partial charge in [0.1, 0.15) is 5.75 Å². The molecule has 92 valence electrons. The number of likely N-dealkylation sites (tertiary alicyclic amines) is 1. The Balaban J connectivity index is 2.15. The summed E-state index contributed by atoms with van der Waals surface area (Å²) in [5, 5.41) is 9.07. The first-order valence-electron chi connectivity index (χ1n) is 5.79. The highest BCUT2D eigenvalue weighted by Gasteiger charge is 2.27. The molecule has 0 saturated carbocycles. The lowest BCUT2D eigenvalue weighted by molar-refractivity contribution is 0.0778. The SMILES string of the molecule is COc1ccccc1C(=O)N1CC[C@@H](CO)C1. The van der Waals surface area contributed by atoms with Crippen molar-refractivity contribution in [1.29, 1.82) is 0 Å². The number of aliphatic hydroxyl groups is 1. The third-order valence-electron chi connectivity index (χ3n) is 3.17. The molecule has 0 aliphatic carbocycles. The zero-order valence-corrected chi connectivity index (χ0v) is 9.93. The summed E-state index contributed by atoms with van der Waals surface area (Å²) in [4.78, 5) is 14.0. The van der Waals surface area contributed by atoms with Crippen molar-refractivity contribution in [1.82, 2.24) is 4.90 Å². The minimum atomic E-state index is -0.0154. The number of hydrogen-bond acceptors (Lipinski definition) is 3. The molecule has 0 bridgehead atoms. The fourth-order valence-electron chi connectivity index (χ4n) is 2.16. The third-order valence-corrected chi connectivity index (χ3v) is 3.17. The highest BCUT2D eigenvalue weighted by atomic mass is 16.5. The smallest absolute Gasteiger partial charge is 0.257 e. The van der Waals surface area contributed by atoms with Crippen LogP contribution in [0.15, 0.2) is 24.3 Å². The molecule has 0 aromatic heterocycles. The van der Waals surface area contributed by atoms with Crippen LogP contribution >= 0.6 is 0 Å². The molecule has 1 saturated heterocycles. The van der Waals surface area contributed by atoms with Gasteiger partial charge in [-0.2, -0.15) is 0 Å². The maximum atomic E-state index is 12.3. The molecule has 1 heterocycles. The number of ether oxygens (including phenoxy) is 1. The van der Waals surface area contributed by atoms with Crippen LogP contribution in [0.25, 0.3) is 0 Å². The first-order valence-corrected chi connectivity index (χ1v) is 5.79. The molecule has 0 spiro atoms. The molecule has 0 unspecified atom stereocenters. The number of carbonyl (C=O) groups is 1. The number of para-hydroxylation sites is 1. The van der Waals surface area contributed by atoms with Crippen LogP contribution in [0.1, 0.15) is 16.8 Å². The normalized spacial score (nSPS) is 19.4. The quantitative estimate of drug-likeness (QED) is 0.855. The second-order valence-electron chi connectivity index (χ2n) is 4.29. The van der Waals surface area contributed by atoms with Crippen LogP contribution in [0.4, 0.5) is 0 Å². The summed E-state index contributed by atoms with van der Waals surface area (Å²) in [7, 11) is 1.56. The number of carbonyl (C=O) groups excluding carboxylic acids is 1. The van der Waals surface area contributed by atoms with Gasteiger partial charge < -0.3 is 14.7 Å². The molecular formula is C13H17NO3. The fourth-order valence-corrected chi connectivity index (χ4v) is 2.16. The molecule has 4 nitrogen and oxygen atoms in total. The van der Waals surface area contributed by atoms with Crippen LogP contribution in [-0.2, 0) is 0 Å². The standard InChI is InChI=1S/C13H17NO3/c1-17-12-5-3-2-4-11(12)13(16)14-7-6-10(8-14)9-15/h2-5,10,15H,6-9H2,1H3/t10-/m1/s1. The van der Waals surface area contributed by atoms with E-state index >= 15 is 0 Å². The van der Waals surface area contributed by atoms with E-state index in [2.05, 4.69) is 0 Å². The van der Waals surface area contributed by atoms with Gasteiger partial charge in [-0.1, -0.05) is 12.1 Å². The van der Waals surface area contributed by atoms with Gasteiger partial charge in [-0.3, -0.25) is 4.79 Å². The van der Waals surface area contributed by atoms with Crippen molar-refractivity contribution < 1.29 is 14.6 Å². The highest BCUT2D eigenvalue weighted by molar-refractivity contribution is 5.97. The lowest BCUT2D eigenvalue weighted by Crippen LogP contribution is -2.29. The van der Waals surface area contributed by atoms with Crippen molar-refractivity contribution in [3.63, 3.8) is 0 Å². The van der Waals surface area contributed by atoms with Crippen molar-refractivity contribution in [2.45, 2.75) is 6.42 Å². The summed E-state index contributed by atoms with van der Waals surface area (Å²) in [6, 6.07) is 7.23. The Labute approximate surface area is 101 Å². The maximum Gasteiger partial charge on any atom is 0.257 e. The van der Waals surface area contributed by atoms with Gasteiger partial charge in [0.25, 0.3) is 5.91 Å². The molecule has 4 heteroatoms. The van der Waals surface area contributed by atoms with Crippen LogP contribution in [-0.4, -0.2) is 42.7 Å². The Bertz CT molecular complexity index is 405. The van der Waals surface area contributed by atoms with E-state index < -0.39 is 0 Å². The van der Waals surface area contributed by atoms with E-state index in [1.807, 2.05) is 12.1 Å². The Kier molecular flexibility index (Phi) is 3.64. The van der Waals surface area contributed by atoms with E-state index in [1.54, 1.807) is 24.1 Å². The number of hydrogen-bond donors (Lipinski definition) is 1. The summed E-state index contributed by atoms with van der Waals surface area (Å²) in [5.41, 5.74) is 0.591. The topological polar surface area (TPSA) is 49.8 Å². The average molecular weight is 235 g/mol. The number of methoxy groups -OCH3 is 1. The average Bonchev–Trinajstić information content (AvgIpc) is 2.86. The van der Waals surface area contributed by atoms with E-state index in [0.29, 0.717) is 24.4 Å². The van der Waals surface area contributed by atoms with Crippen LogP contribution < -0.4 is 4.74 Å². The van der Waals surface area contributed by atoms with Gasteiger partial charge >= 0.3 is 0 Å². The Morgan fingerprint density at radius 3 is 2.94 bits per heavy atom. The molecular weight excluding hydrogens is 218 g/mol. The predicted octanol–water partition coefficient (Wildman–Crippen LogP) is 1.15. The van der Waals surface area contributed by atoms with Gasteiger partial charge in [0, 0.05) is 25.6 Å². The van der Waals surface area contributed by atoms with Gasteiger partial charge in [-0.25, -0.2) is 0 Å². The molecule has 1 fully saturated rings. The monoisotopic (exact) mass is 235 g/mol. The van der Waals surface area contributed by atoms with Gasteiger partial charge in [0.2, 0.25) is 0 Å². The van der Waals surface area contributed by atoms with Crippen molar-refractivity contribution in [3.8, 4) is 5.75 Å². The number of rotatable bonds is 3. The number of amides is 1. The van der Waals surface area contributed by atoms with E-state index in [-0.39, 0.29) is 18.4 Å². The van der Waals surface area contributed by atoms with Crippen LogP contribution in [0, 0.1) is 5.92 Å². The van der Waals surface area contributed by atoms with Gasteiger partial charge in [-0.15, -0.1) is 0 Å². The summed E-state index contributed by atoms with van der Waals surface area (Å²) in [5.74, 6) is 0.803. The Morgan fingerprint density at radius 1 is 1.53 bits per heavy atom. The number of aliphatic hydroxyl groups excluding tert-OH is 1. The summed E-state index contributed by atoms with van der Waals surface area (Å²) >= 11 is 0. The molecule has 17 heavy (non-hydrogen) atoms. The second kappa shape index (κ2) is 5.19. The lowest BCUT2D eigenvalue weighted by Gasteiger charge is -2.17. The van der Waals surface area contributed by atoms with Crippen molar-refractivity contribution in [2.75, 3.05) is 26.8 Å². The molecule has 1 aromatic rings. The molecule has 2 rings (SSSR count). The molecule has 0 radical (unpaired) electrons. The lowest BCUT2D eigenvalue weighted by atomic mass is 10.1. The Hall–Kier alpha value is -1.55. The van der Waals surface area contributed by atoms with E-state index in [1.165, 1.54) is 0 Å². The highest BCUT2D eigenvalue weighted by Crippen LogP contribution is 2.23. The van der Waals surface area contributed by atoms with Gasteiger partial charge in [0.15, 0.2) is 0 Å². The molecule has 1 N–H and O–H groups in total. The summed E-state index contributed by atoms with van der Waals surface area (Å²) in [6.45, 7) is 1.49. The van der Waals surface area contributed by atoms with Crippen LogP contribution in [0.3, 0.4) is 0 Å². The van der Waals surface area contributed by atoms with Gasteiger partial charge in [-0.05, 0) is 18.6 Å². The van der Waals surface area contributed by atoms with E-state index in [4.69, 9.17) is 9.84 Å². The van der Waals surface area contributed by atoms with Crippen LogP contribution in [0.2, 0.25) is 0 Å². The molecule has 1 aromatic carbocycles. The largest absolute Gasteiger partial charge is 0.496 e. The first-order chi connectivity index (χ1) is 8.26. The fraction of sp³-hybridized carbons (Fsp3) is 0.462. The third kappa shape index (κ3) is 2.42. The maximum absolute atomic E-state index is 12.3. The summed E-state index contributed by atoms with van der Waals surface area (Å²) in [6.07, 6.45) is 0.872. The zero-order valence-electron chi connectivity index (χ0n) is 9.93. The molecule has 1 atom stereocenters. The summed E-state index contributed by atoms with van der Waals surface area (Å²) < 4.78 is 5.18. The predicted molar refractivity (Wildman–Crippen MR) is 64.1 cm³/mol. The first kappa shape index (κ1) is 11.9. The molecule has 1 aliphatic heterocycles. The van der Waals surface area contributed by atoms with E-state index in [9.17, 15) is 4.79 Å². The van der Waals surface area contributed by atoms with Crippen molar-refractivity contribution in [2.24, 2.45) is 5.92 Å². The second-order valence-corrected chi connectivity index (χ2v) is 4.29.